The highest BCUT2D eigenvalue weighted by atomic mass is 35.5. The molecule has 0 aliphatic heterocycles. The van der Waals surface area contributed by atoms with Crippen molar-refractivity contribution in [3.05, 3.63) is 64.9 Å². The molecule has 2 heteroatoms. The number of benzene rings is 1. The van der Waals surface area contributed by atoms with Gasteiger partial charge in [-0.15, -0.1) is 0 Å². The van der Waals surface area contributed by atoms with Gasteiger partial charge in [-0.2, -0.15) is 0 Å². The van der Waals surface area contributed by atoms with Gasteiger partial charge in [-0.3, -0.25) is 4.98 Å². The third-order valence-corrected chi connectivity index (χ3v) is 2.62. The van der Waals surface area contributed by atoms with E-state index in [0.29, 0.717) is 0 Å². The van der Waals surface area contributed by atoms with Gasteiger partial charge in [0.1, 0.15) is 0 Å². The molecule has 0 aliphatic carbocycles. The summed E-state index contributed by atoms with van der Waals surface area (Å²) in [4.78, 5) is 4.10. The molecule has 0 N–H and O–H groups in total. The molecule has 0 saturated carbocycles. The fourth-order valence-corrected chi connectivity index (χ4v) is 1.61. The Labute approximate surface area is 100 Å². The Hall–Kier alpha value is -1.60. The molecule has 0 atom stereocenters. The summed E-state index contributed by atoms with van der Waals surface area (Å²) in [5.74, 6) is 0. The van der Waals surface area contributed by atoms with Crippen LogP contribution >= 0.6 is 11.6 Å². The van der Waals surface area contributed by atoms with Crippen molar-refractivity contribution in [3.8, 4) is 0 Å². The molecular formula is C14H12ClN. The second-order valence-corrected chi connectivity index (χ2v) is 4.06. The molecule has 1 aromatic carbocycles. The van der Waals surface area contributed by atoms with Crippen molar-refractivity contribution in [2.24, 2.45) is 0 Å². The molecule has 2 aromatic rings. The standard InChI is InChI=1S/C14H12ClN/c1-11(13-3-2-8-16-10-13)9-12-4-6-14(15)7-5-12/h2-10H,1H3/b11-9+. The van der Waals surface area contributed by atoms with E-state index in [4.69, 9.17) is 11.6 Å². The number of rotatable bonds is 2. The van der Waals surface area contributed by atoms with Gasteiger partial charge in [-0.25, -0.2) is 0 Å². The van der Waals surface area contributed by atoms with E-state index in [1.54, 1.807) is 6.20 Å². The highest BCUT2D eigenvalue weighted by Gasteiger charge is 1.95. The van der Waals surface area contributed by atoms with Gasteiger partial charge in [0.15, 0.2) is 0 Å². The average Bonchev–Trinajstić information content (AvgIpc) is 2.33. The molecule has 0 unspecified atom stereocenters. The van der Waals surface area contributed by atoms with E-state index in [2.05, 4.69) is 24.1 Å². The first-order valence-corrected chi connectivity index (χ1v) is 5.48. The van der Waals surface area contributed by atoms with E-state index in [1.165, 1.54) is 5.57 Å². The minimum Gasteiger partial charge on any atom is -0.264 e. The quantitative estimate of drug-likeness (QED) is 0.749. The highest BCUT2D eigenvalue weighted by Crippen LogP contribution is 2.17. The van der Waals surface area contributed by atoms with E-state index in [-0.39, 0.29) is 0 Å². The molecule has 0 amide bonds. The van der Waals surface area contributed by atoms with Crippen molar-refractivity contribution in [1.29, 1.82) is 0 Å². The Morgan fingerprint density at radius 2 is 1.94 bits per heavy atom. The highest BCUT2D eigenvalue weighted by molar-refractivity contribution is 6.30. The van der Waals surface area contributed by atoms with E-state index in [9.17, 15) is 0 Å². The molecule has 0 bridgehead atoms. The van der Waals surface area contributed by atoms with Gasteiger partial charge < -0.3 is 0 Å². The predicted octanol–water partition coefficient (Wildman–Crippen LogP) is 4.30. The molecule has 1 aromatic heterocycles. The van der Waals surface area contributed by atoms with Crippen LogP contribution in [-0.4, -0.2) is 4.98 Å². The van der Waals surface area contributed by atoms with Crippen molar-refractivity contribution in [1.82, 2.24) is 4.98 Å². The first-order chi connectivity index (χ1) is 7.75. The van der Waals surface area contributed by atoms with Crippen molar-refractivity contribution < 1.29 is 0 Å². The Bertz CT molecular complexity index is 486. The summed E-state index contributed by atoms with van der Waals surface area (Å²) in [5, 5.41) is 0.760. The van der Waals surface area contributed by atoms with Gasteiger partial charge in [0, 0.05) is 17.4 Å². The van der Waals surface area contributed by atoms with E-state index in [0.717, 1.165) is 16.1 Å². The number of pyridine rings is 1. The second kappa shape index (κ2) is 4.95. The topological polar surface area (TPSA) is 12.9 Å². The van der Waals surface area contributed by atoms with Crippen LogP contribution in [0.2, 0.25) is 5.02 Å². The summed E-state index contributed by atoms with van der Waals surface area (Å²) < 4.78 is 0. The van der Waals surface area contributed by atoms with Crippen LogP contribution < -0.4 is 0 Å². The van der Waals surface area contributed by atoms with Crippen LogP contribution in [-0.2, 0) is 0 Å². The number of aromatic nitrogens is 1. The number of hydrogen-bond donors (Lipinski definition) is 0. The minimum absolute atomic E-state index is 0.760. The molecule has 1 nitrogen and oxygen atoms in total. The smallest absolute Gasteiger partial charge is 0.0406 e. The number of halogens is 1. The summed E-state index contributed by atoms with van der Waals surface area (Å²) in [6.07, 6.45) is 5.76. The van der Waals surface area contributed by atoms with E-state index in [1.807, 2.05) is 36.5 Å². The summed E-state index contributed by atoms with van der Waals surface area (Å²) in [6.45, 7) is 2.08. The maximum absolute atomic E-state index is 5.83. The molecule has 16 heavy (non-hydrogen) atoms. The Morgan fingerprint density at radius 3 is 2.56 bits per heavy atom. The number of nitrogens with zero attached hydrogens (tertiary/aromatic N) is 1. The summed E-state index contributed by atoms with van der Waals surface area (Å²) in [5.41, 5.74) is 3.47. The van der Waals surface area contributed by atoms with Crippen LogP contribution in [0.3, 0.4) is 0 Å². The zero-order chi connectivity index (χ0) is 11.4. The third kappa shape index (κ3) is 2.71. The lowest BCUT2D eigenvalue weighted by atomic mass is 10.1. The number of allylic oxidation sites excluding steroid dienone is 1. The van der Waals surface area contributed by atoms with Crippen molar-refractivity contribution in [2.45, 2.75) is 6.92 Å². The first kappa shape index (κ1) is 10.9. The minimum atomic E-state index is 0.760. The molecule has 80 valence electrons. The van der Waals surface area contributed by atoms with E-state index < -0.39 is 0 Å². The normalized spacial score (nSPS) is 11.5. The summed E-state index contributed by atoms with van der Waals surface area (Å²) in [7, 11) is 0. The summed E-state index contributed by atoms with van der Waals surface area (Å²) >= 11 is 5.83. The van der Waals surface area contributed by atoms with Crippen LogP contribution in [0.25, 0.3) is 11.6 Å². The molecule has 0 fully saturated rings. The van der Waals surface area contributed by atoms with Crippen LogP contribution in [0.5, 0.6) is 0 Å². The zero-order valence-electron chi connectivity index (χ0n) is 9.02. The first-order valence-electron chi connectivity index (χ1n) is 5.10. The molecule has 0 saturated heterocycles. The van der Waals surface area contributed by atoms with Gasteiger partial charge in [0.2, 0.25) is 0 Å². The van der Waals surface area contributed by atoms with Crippen molar-refractivity contribution in [3.63, 3.8) is 0 Å². The largest absolute Gasteiger partial charge is 0.264 e. The van der Waals surface area contributed by atoms with Gasteiger partial charge in [0.25, 0.3) is 0 Å². The van der Waals surface area contributed by atoms with Crippen LogP contribution in [0.4, 0.5) is 0 Å². The average molecular weight is 230 g/mol. The lowest BCUT2D eigenvalue weighted by Gasteiger charge is -2.01. The molecular weight excluding hydrogens is 218 g/mol. The molecule has 0 radical (unpaired) electrons. The lowest BCUT2D eigenvalue weighted by Crippen LogP contribution is -1.81. The lowest BCUT2D eigenvalue weighted by molar-refractivity contribution is 1.31. The van der Waals surface area contributed by atoms with Crippen molar-refractivity contribution in [2.75, 3.05) is 0 Å². The predicted molar refractivity (Wildman–Crippen MR) is 69.2 cm³/mol. The van der Waals surface area contributed by atoms with Gasteiger partial charge >= 0.3 is 0 Å². The second-order valence-electron chi connectivity index (χ2n) is 3.62. The van der Waals surface area contributed by atoms with E-state index >= 15 is 0 Å². The van der Waals surface area contributed by atoms with Gasteiger partial charge in [-0.1, -0.05) is 35.9 Å². The fraction of sp³-hybridized carbons (Fsp3) is 0.0714. The van der Waals surface area contributed by atoms with Crippen molar-refractivity contribution >= 4 is 23.3 Å². The van der Waals surface area contributed by atoms with Crippen LogP contribution in [0.1, 0.15) is 18.1 Å². The Morgan fingerprint density at radius 1 is 1.19 bits per heavy atom. The Balaban J connectivity index is 2.28. The SMILES string of the molecule is C/C(=C\c1ccc(Cl)cc1)c1cccnc1. The molecule has 0 aliphatic rings. The van der Waals surface area contributed by atoms with Crippen LogP contribution in [0.15, 0.2) is 48.8 Å². The van der Waals surface area contributed by atoms with Crippen LogP contribution in [0, 0.1) is 0 Å². The number of hydrogen-bond acceptors (Lipinski definition) is 1. The summed E-state index contributed by atoms with van der Waals surface area (Å²) in [6, 6.07) is 11.8. The Kier molecular flexibility index (Phi) is 3.37. The monoisotopic (exact) mass is 229 g/mol. The van der Waals surface area contributed by atoms with Gasteiger partial charge in [-0.05, 0) is 41.8 Å². The molecule has 2 rings (SSSR count). The van der Waals surface area contributed by atoms with Gasteiger partial charge in [0.05, 0.1) is 0 Å². The third-order valence-electron chi connectivity index (χ3n) is 2.37. The maximum Gasteiger partial charge on any atom is 0.0406 e. The zero-order valence-corrected chi connectivity index (χ0v) is 9.78. The fourth-order valence-electron chi connectivity index (χ4n) is 1.49. The molecule has 1 heterocycles. The maximum atomic E-state index is 5.83. The molecule has 0 spiro atoms.